The topological polar surface area (TPSA) is 59.6 Å². The van der Waals surface area contributed by atoms with E-state index in [1.165, 1.54) is 0 Å². The van der Waals surface area contributed by atoms with Crippen LogP contribution >= 0.6 is 0 Å². The number of hydrogen-bond donors (Lipinski definition) is 2. The summed E-state index contributed by atoms with van der Waals surface area (Å²) in [7, 11) is 0. The second kappa shape index (κ2) is 6.98. The molecular formula is C11H17N3O. The van der Waals surface area contributed by atoms with Crippen LogP contribution in [0.25, 0.3) is 0 Å². The van der Waals surface area contributed by atoms with Crippen LogP contribution in [0.2, 0.25) is 0 Å². The zero-order valence-corrected chi connectivity index (χ0v) is 8.94. The normalized spacial score (nSPS) is 11.5. The van der Waals surface area contributed by atoms with Gasteiger partial charge in [-0.2, -0.15) is 0 Å². The molecule has 15 heavy (non-hydrogen) atoms. The van der Waals surface area contributed by atoms with Crippen molar-refractivity contribution in [1.29, 1.82) is 0 Å². The Bertz CT molecular complexity index is 298. The average Bonchev–Trinajstić information content (AvgIpc) is 2.29. The zero-order valence-electron chi connectivity index (χ0n) is 8.94. The van der Waals surface area contributed by atoms with Crippen LogP contribution in [-0.4, -0.2) is 19.0 Å². The number of nitrogens with zero attached hydrogens (tertiary/aromatic N) is 1. The molecule has 0 saturated carbocycles. The largest absolute Gasteiger partial charge is 0.381 e. The number of aliphatic imine (C=N–C) groups is 1. The maximum atomic E-state index is 5.37. The molecule has 1 rings (SSSR count). The van der Waals surface area contributed by atoms with Crippen molar-refractivity contribution in [2.45, 2.75) is 13.3 Å². The number of ether oxygens (including phenoxy) is 1. The summed E-state index contributed by atoms with van der Waals surface area (Å²) >= 11 is 0. The van der Waals surface area contributed by atoms with E-state index in [0.29, 0.717) is 19.6 Å². The van der Waals surface area contributed by atoms with Crippen LogP contribution in [0.4, 0.5) is 5.69 Å². The fraction of sp³-hybridized carbons (Fsp3) is 0.364. The van der Waals surface area contributed by atoms with Gasteiger partial charge in [-0.25, -0.2) is 10.8 Å². The van der Waals surface area contributed by atoms with Gasteiger partial charge in [0.2, 0.25) is 0 Å². The van der Waals surface area contributed by atoms with Crippen LogP contribution < -0.4 is 11.3 Å². The molecular weight excluding hydrogens is 190 g/mol. The van der Waals surface area contributed by atoms with Crippen LogP contribution in [0.3, 0.4) is 0 Å². The van der Waals surface area contributed by atoms with E-state index < -0.39 is 0 Å². The van der Waals surface area contributed by atoms with Gasteiger partial charge in [0, 0.05) is 13.0 Å². The van der Waals surface area contributed by atoms with E-state index in [9.17, 15) is 0 Å². The fourth-order valence-electron chi connectivity index (χ4n) is 1.13. The Morgan fingerprint density at radius 2 is 2.13 bits per heavy atom. The fourth-order valence-corrected chi connectivity index (χ4v) is 1.13. The van der Waals surface area contributed by atoms with E-state index in [1.807, 2.05) is 37.3 Å². The second-order valence-electron chi connectivity index (χ2n) is 2.99. The lowest BCUT2D eigenvalue weighted by Gasteiger charge is -2.05. The van der Waals surface area contributed by atoms with Crippen LogP contribution in [0.1, 0.15) is 13.3 Å². The molecule has 3 N–H and O–H groups in total. The Labute approximate surface area is 90.1 Å². The molecule has 0 atom stereocenters. The molecule has 0 radical (unpaired) electrons. The molecule has 0 fully saturated rings. The number of benzene rings is 1. The number of rotatable bonds is 5. The number of para-hydroxylation sites is 1. The molecule has 0 aliphatic rings. The third-order valence-corrected chi connectivity index (χ3v) is 1.87. The highest BCUT2D eigenvalue weighted by Crippen LogP contribution is 2.09. The highest BCUT2D eigenvalue weighted by atomic mass is 16.5. The lowest BCUT2D eigenvalue weighted by atomic mass is 10.3. The molecule has 4 heteroatoms. The van der Waals surface area contributed by atoms with Gasteiger partial charge in [-0.1, -0.05) is 18.2 Å². The van der Waals surface area contributed by atoms with Gasteiger partial charge < -0.3 is 10.2 Å². The number of hydrazine groups is 1. The highest BCUT2D eigenvalue weighted by molar-refractivity contribution is 5.84. The minimum atomic E-state index is 0.631. The molecule has 0 amide bonds. The predicted octanol–water partition coefficient (Wildman–Crippen LogP) is 1.61. The quantitative estimate of drug-likeness (QED) is 0.253. The van der Waals surface area contributed by atoms with Gasteiger partial charge in [0.25, 0.3) is 0 Å². The van der Waals surface area contributed by atoms with Gasteiger partial charge in [0.15, 0.2) is 0 Å². The lowest BCUT2D eigenvalue weighted by Crippen LogP contribution is -2.31. The first-order valence-corrected chi connectivity index (χ1v) is 5.03. The highest BCUT2D eigenvalue weighted by Gasteiger charge is 1.96. The molecule has 0 unspecified atom stereocenters. The van der Waals surface area contributed by atoms with E-state index in [0.717, 1.165) is 11.5 Å². The third-order valence-electron chi connectivity index (χ3n) is 1.87. The van der Waals surface area contributed by atoms with Crippen LogP contribution in [0.5, 0.6) is 0 Å². The minimum absolute atomic E-state index is 0.631. The summed E-state index contributed by atoms with van der Waals surface area (Å²) in [5.74, 6) is 6.10. The lowest BCUT2D eigenvalue weighted by molar-refractivity contribution is 0.154. The van der Waals surface area contributed by atoms with Crippen molar-refractivity contribution in [3.05, 3.63) is 30.3 Å². The molecule has 0 aromatic heterocycles. The van der Waals surface area contributed by atoms with Gasteiger partial charge in [-0.3, -0.25) is 0 Å². The maximum absolute atomic E-state index is 5.37. The summed E-state index contributed by atoms with van der Waals surface area (Å²) in [6, 6.07) is 9.69. The van der Waals surface area contributed by atoms with Crippen LogP contribution in [0.15, 0.2) is 35.3 Å². The molecule has 0 aliphatic heterocycles. The summed E-state index contributed by atoms with van der Waals surface area (Å²) in [6.45, 7) is 3.31. The Morgan fingerprint density at radius 1 is 1.40 bits per heavy atom. The van der Waals surface area contributed by atoms with Crippen LogP contribution in [0, 0.1) is 0 Å². The Kier molecular flexibility index (Phi) is 5.43. The van der Waals surface area contributed by atoms with Gasteiger partial charge in [-0.15, -0.1) is 0 Å². The monoisotopic (exact) mass is 207 g/mol. The molecule has 82 valence electrons. The van der Waals surface area contributed by atoms with Crippen LogP contribution in [-0.2, 0) is 4.74 Å². The maximum Gasteiger partial charge on any atom is 0.118 e. The van der Waals surface area contributed by atoms with Gasteiger partial charge in [0.05, 0.1) is 12.3 Å². The van der Waals surface area contributed by atoms with E-state index in [1.54, 1.807) is 0 Å². The molecule has 0 spiro atoms. The van der Waals surface area contributed by atoms with Gasteiger partial charge in [-0.05, 0) is 19.1 Å². The zero-order chi connectivity index (χ0) is 10.9. The van der Waals surface area contributed by atoms with Gasteiger partial charge in [0.1, 0.15) is 5.84 Å². The molecule has 0 saturated heterocycles. The Balaban J connectivity index is 2.54. The van der Waals surface area contributed by atoms with E-state index in [2.05, 4.69) is 10.4 Å². The van der Waals surface area contributed by atoms with Crippen molar-refractivity contribution in [2.75, 3.05) is 13.2 Å². The molecule has 1 aromatic rings. The minimum Gasteiger partial charge on any atom is -0.381 e. The molecule has 0 aliphatic carbocycles. The summed E-state index contributed by atoms with van der Waals surface area (Å²) in [6.07, 6.45) is 0.694. The number of nitrogens with one attached hydrogen (secondary N) is 1. The Hall–Kier alpha value is -1.39. The SMILES string of the molecule is CCOCCC(=Nc1ccccc1)NN. The molecule has 1 aromatic carbocycles. The number of amidine groups is 1. The third kappa shape index (κ3) is 4.58. The average molecular weight is 207 g/mol. The van der Waals surface area contributed by atoms with E-state index in [-0.39, 0.29) is 0 Å². The molecule has 0 heterocycles. The molecule has 4 nitrogen and oxygen atoms in total. The van der Waals surface area contributed by atoms with Crippen molar-refractivity contribution in [3.8, 4) is 0 Å². The number of nitrogens with two attached hydrogens (primary N) is 1. The van der Waals surface area contributed by atoms with Crippen molar-refractivity contribution in [1.82, 2.24) is 5.43 Å². The smallest absolute Gasteiger partial charge is 0.118 e. The van der Waals surface area contributed by atoms with Crippen molar-refractivity contribution in [2.24, 2.45) is 10.8 Å². The van der Waals surface area contributed by atoms with E-state index in [4.69, 9.17) is 10.6 Å². The van der Waals surface area contributed by atoms with Gasteiger partial charge >= 0.3 is 0 Å². The standard InChI is InChI=1S/C11H17N3O/c1-2-15-9-8-11(14-12)13-10-6-4-3-5-7-10/h3-7H,2,8-9,12H2,1H3,(H,13,14). The van der Waals surface area contributed by atoms with E-state index >= 15 is 0 Å². The predicted molar refractivity (Wildman–Crippen MR) is 62.0 cm³/mol. The Morgan fingerprint density at radius 3 is 2.73 bits per heavy atom. The summed E-state index contributed by atoms with van der Waals surface area (Å²) < 4.78 is 5.23. The second-order valence-corrected chi connectivity index (χ2v) is 2.99. The van der Waals surface area contributed by atoms with Crippen molar-refractivity contribution < 1.29 is 4.74 Å². The molecule has 0 bridgehead atoms. The summed E-state index contributed by atoms with van der Waals surface area (Å²) in [5.41, 5.74) is 3.47. The van der Waals surface area contributed by atoms with Crippen molar-refractivity contribution >= 4 is 11.5 Å². The summed E-state index contributed by atoms with van der Waals surface area (Å²) in [4.78, 5) is 4.35. The first kappa shape index (κ1) is 11.7. The first-order chi connectivity index (χ1) is 7.36. The first-order valence-electron chi connectivity index (χ1n) is 5.03. The number of hydrogen-bond acceptors (Lipinski definition) is 3. The summed E-state index contributed by atoms with van der Waals surface area (Å²) in [5, 5.41) is 0. The van der Waals surface area contributed by atoms with Crippen molar-refractivity contribution in [3.63, 3.8) is 0 Å².